The number of thioether (sulfide) groups is 1. The molecule has 0 spiro atoms. The first-order chi connectivity index (χ1) is 21.4. The lowest BCUT2D eigenvalue weighted by Gasteiger charge is -2.29. The smallest absolute Gasteiger partial charge is 0.255 e. The van der Waals surface area contributed by atoms with Gasteiger partial charge in [-0.1, -0.05) is 73.1 Å². The maximum absolute atomic E-state index is 14.1. The zero-order valence-corrected chi connectivity index (χ0v) is 26.7. The van der Waals surface area contributed by atoms with Gasteiger partial charge in [-0.3, -0.25) is 4.79 Å². The number of aryl methyl sites for hydroxylation is 1. The zero-order valence-electron chi connectivity index (χ0n) is 25.8. The van der Waals surface area contributed by atoms with Crippen LogP contribution in [0, 0.1) is 6.92 Å². The Balaban J connectivity index is 1.51. The molecule has 1 aliphatic rings. The number of hydrogen-bond donors (Lipinski definition) is 2. The van der Waals surface area contributed by atoms with Crippen molar-refractivity contribution in [3.8, 4) is 17.2 Å². The molecule has 0 aliphatic carbocycles. The second kappa shape index (κ2) is 14.4. The first kappa shape index (κ1) is 31.0. The minimum absolute atomic E-state index is 0.271. The average Bonchev–Trinajstić information content (AvgIpc) is 3.42. The second-order valence-corrected chi connectivity index (χ2v) is 11.6. The molecule has 230 valence electrons. The van der Waals surface area contributed by atoms with Crippen LogP contribution in [0.15, 0.2) is 83.2 Å². The Labute approximate surface area is 263 Å². The molecule has 9 nitrogen and oxygen atoms in total. The monoisotopic (exact) mass is 613 g/mol. The summed E-state index contributed by atoms with van der Waals surface area (Å²) in [5.74, 6) is 3.00. The lowest BCUT2D eigenvalue weighted by molar-refractivity contribution is -0.113. The molecule has 10 heteroatoms. The molecule has 0 radical (unpaired) electrons. The molecule has 1 aliphatic heterocycles. The van der Waals surface area contributed by atoms with Gasteiger partial charge in [0.05, 0.1) is 25.0 Å². The summed E-state index contributed by atoms with van der Waals surface area (Å²) in [6.07, 6.45) is 2.16. The van der Waals surface area contributed by atoms with Crippen molar-refractivity contribution >= 4 is 29.3 Å². The van der Waals surface area contributed by atoms with E-state index < -0.39 is 6.04 Å². The number of anilines is 2. The first-order valence-electron chi connectivity index (χ1n) is 14.9. The van der Waals surface area contributed by atoms with Crippen LogP contribution in [0.4, 0.5) is 11.6 Å². The highest BCUT2D eigenvalue weighted by molar-refractivity contribution is 7.99. The maximum atomic E-state index is 14.1. The fourth-order valence-corrected chi connectivity index (χ4v) is 5.99. The summed E-state index contributed by atoms with van der Waals surface area (Å²) in [6, 6.07) is 20.8. The van der Waals surface area contributed by atoms with Crippen molar-refractivity contribution in [1.29, 1.82) is 0 Å². The predicted octanol–water partition coefficient (Wildman–Crippen LogP) is 7.39. The van der Waals surface area contributed by atoms with Crippen LogP contribution in [0.2, 0.25) is 0 Å². The summed E-state index contributed by atoms with van der Waals surface area (Å²) < 4.78 is 19.5. The number of methoxy groups -OCH3 is 1. The number of nitrogens with one attached hydrogen (secondary N) is 2. The number of aromatic nitrogens is 3. The van der Waals surface area contributed by atoms with Crippen molar-refractivity contribution in [2.45, 2.75) is 58.3 Å². The molecule has 2 heterocycles. The van der Waals surface area contributed by atoms with E-state index in [1.165, 1.54) is 5.56 Å². The van der Waals surface area contributed by atoms with Gasteiger partial charge in [0.1, 0.15) is 18.4 Å². The number of para-hydroxylation sites is 2. The predicted molar refractivity (Wildman–Crippen MR) is 175 cm³/mol. The van der Waals surface area contributed by atoms with Gasteiger partial charge in [0.2, 0.25) is 11.1 Å². The number of ether oxygens (including phenoxy) is 3. The fraction of sp³-hybridized carbons (Fsp3) is 0.324. The van der Waals surface area contributed by atoms with Gasteiger partial charge in [-0.2, -0.15) is 4.98 Å². The van der Waals surface area contributed by atoms with Crippen LogP contribution in [-0.2, 0) is 11.4 Å². The van der Waals surface area contributed by atoms with Crippen LogP contribution in [0.5, 0.6) is 17.2 Å². The molecule has 44 heavy (non-hydrogen) atoms. The molecule has 0 bridgehead atoms. The van der Waals surface area contributed by atoms with Crippen molar-refractivity contribution in [1.82, 2.24) is 14.8 Å². The Morgan fingerprint density at radius 3 is 2.61 bits per heavy atom. The van der Waals surface area contributed by atoms with E-state index in [9.17, 15) is 4.79 Å². The third kappa shape index (κ3) is 7.02. The number of allylic oxidation sites excluding steroid dienone is 1. The quantitative estimate of drug-likeness (QED) is 0.119. The van der Waals surface area contributed by atoms with E-state index in [0.717, 1.165) is 29.7 Å². The average molecular weight is 614 g/mol. The van der Waals surface area contributed by atoms with Crippen molar-refractivity contribution in [2.24, 2.45) is 0 Å². The molecular weight excluding hydrogens is 574 g/mol. The highest BCUT2D eigenvalue weighted by Gasteiger charge is 2.35. The summed E-state index contributed by atoms with van der Waals surface area (Å²) in [5.41, 5.74) is 4.84. The van der Waals surface area contributed by atoms with Crippen LogP contribution in [0.1, 0.15) is 56.3 Å². The Kier molecular flexibility index (Phi) is 10.1. The molecule has 1 aromatic heterocycles. The van der Waals surface area contributed by atoms with E-state index in [2.05, 4.69) is 36.6 Å². The summed E-state index contributed by atoms with van der Waals surface area (Å²) >= 11 is 1.61. The third-order valence-electron chi connectivity index (χ3n) is 7.22. The minimum Gasteiger partial charge on any atom is -0.493 e. The van der Waals surface area contributed by atoms with Gasteiger partial charge in [-0.25, -0.2) is 4.68 Å². The van der Waals surface area contributed by atoms with Crippen LogP contribution >= 0.6 is 11.8 Å². The van der Waals surface area contributed by atoms with Gasteiger partial charge in [0.15, 0.2) is 11.5 Å². The topological polar surface area (TPSA) is 99.5 Å². The van der Waals surface area contributed by atoms with Crippen molar-refractivity contribution in [2.75, 3.05) is 30.1 Å². The van der Waals surface area contributed by atoms with Crippen LogP contribution < -0.4 is 24.8 Å². The molecule has 3 aromatic carbocycles. The van der Waals surface area contributed by atoms with Crippen LogP contribution in [0.25, 0.3) is 0 Å². The van der Waals surface area contributed by atoms with Gasteiger partial charge in [-0.15, -0.1) is 5.10 Å². The molecule has 0 saturated carbocycles. The van der Waals surface area contributed by atoms with Crippen LogP contribution in [-0.4, -0.2) is 40.1 Å². The largest absolute Gasteiger partial charge is 0.493 e. The van der Waals surface area contributed by atoms with Crippen molar-refractivity contribution in [3.05, 3.63) is 94.7 Å². The summed E-state index contributed by atoms with van der Waals surface area (Å²) in [6.45, 7) is 8.90. The summed E-state index contributed by atoms with van der Waals surface area (Å²) in [7, 11) is 1.61. The highest BCUT2D eigenvalue weighted by Crippen LogP contribution is 2.40. The van der Waals surface area contributed by atoms with E-state index in [0.29, 0.717) is 58.5 Å². The van der Waals surface area contributed by atoms with E-state index in [1.807, 2.05) is 68.4 Å². The molecule has 2 N–H and O–H groups in total. The zero-order chi connectivity index (χ0) is 31.1. The number of fused-ring (bicyclic) bond motifs is 1. The molecule has 0 saturated heterocycles. The van der Waals surface area contributed by atoms with Gasteiger partial charge in [-0.05, 0) is 62.6 Å². The Morgan fingerprint density at radius 1 is 1.00 bits per heavy atom. The maximum Gasteiger partial charge on any atom is 0.255 e. The molecule has 0 fully saturated rings. The number of rotatable bonds is 13. The number of nitrogens with zero attached hydrogens (tertiary/aromatic N) is 3. The number of hydrogen-bond acceptors (Lipinski definition) is 8. The Hall–Kier alpha value is -4.44. The van der Waals surface area contributed by atoms with E-state index >= 15 is 0 Å². The van der Waals surface area contributed by atoms with E-state index in [-0.39, 0.29) is 5.91 Å². The first-order valence-corrected chi connectivity index (χ1v) is 15.9. The highest BCUT2D eigenvalue weighted by atomic mass is 32.2. The molecular formula is C34H39N5O4S. The van der Waals surface area contributed by atoms with Crippen LogP contribution in [0.3, 0.4) is 0 Å². The molecule has 5 rings (SSSR count). The Morgan fingerprint density at radius 2 is 1.84 bits per heavy atom. The number of amides is 1. The molecule has 4 aromatic rings. The van der Waals surface area contributed by atoms with E-state index in [1.54, 1.807) is 23.6 Å². The minimum atomic E-state index is -0.571. The summed E-state index contributed by atoms with van der Waals surface area (Å²) in [4.78, 5) is 18.8. The number of benzene rings is 3. The Bertz CT molecular complexity index is 1650. The molecule has 1 unspecified atom stereocenters. The summed E-state index contributed by atoms with van der Waals surface area (Å²) in [5, 5.41) is 11.9. The number of unbranched alkanes of at least 4 members (excludes halogenated alkanes) is 1. The van der Waals surface area contributed by atoms with Gasteiger partial charge >= 0.3 is 0 Å². The van der Waals surface area contributed by atoms with Gasteiger partial charge in [0, 0.05) is 11.4 Å². The fourth-order valence-electron chi connectivity index (χ4n) is 5.08. The van der Waals surface area contributed by atoms with Gasteiger partial charge in [0.25, 0.3) is 5.91 Å². The normalized spacial score (nSPS) is 14.1. The SMILES string of the molecule is CCCCSc1nc2n(n1)C(c1ccc(OCc3cccc(C)c3)c(OC)c1)C(C(=O)Nc1ccccc1OCC)=C(C)N2. The molecule has 1 amide bonds. The van der Waals surface area contributed by atoms with Gasteiger partial charge < -0.3 is 24.8 Å². The lowest BCUT2D eigenvalue weighted by atomic mass is 9.94. The second-order valence-electron chi connectivity index (χ2n) is 10.5. The number of carbonyl (C=O) groups excluding carboxylic acids is 1. The van der Waals surface area contributed by atoms with Crippen molar-refractivity contribution in [3.63, 3.8) is 0 Å². The standard InChI is InChI=1S/C34H39N5O4S/c1-6-8-18-44-34-37-33-35-23(4)30(32(40)36-26-14-9-10-15-27(26)42-7-2)31(39(33)38-34)25-16-17-28(29(20-25)41-5)43-21-24-13-11-12-22(3)19-24/h9-17,19-20,31H,6-8,18,21H2,1-5H3,(H,36,40)(H,35,37,38). The van der Waals surface area contributed by atoms with Crippen molar-refractivity contribution < 1.29 is 19.0 Å². The lowest BCUT2D eigenvalue weighted by Crippen LogP contribution is -2.31. The molecule has 1 atom stereocenters. The van der Waals surface area contributed by atoms with E-state index in [4.69, 9.17) is 24.3 Å². The number of carbonyl (C=O) groups is 1. The third-order valence-corrected chi connectivity index (χ3v) is 8.15.